The Morgan fingerprint density at radius 3 is 2.79 bits per heavy atom. The van der Waals surface area contributed by atoms with Crippen LogP contribution in [0.3, 0.4) is 0 Å². The molecule has 1 heterocycles. The standard InChI is InChI=1S/C14H29N3O2/c1-5-17-6-7-19-13(10-17)9-15-12(4)14(18)16-8-11(2)3/h11-13,15H,5-10H2,1-4H3,(H,16,18). The molecule has 2 atom stereocenters. The summed E-state index contributed by atoms with van der Waals surface area (Å²) in [4.78, 5) is 14.2. The van der Waals surface area contributed by atoms with Gasteiger partial charge in [0.05, 0.1) is 18.8 Å². The minimum absolute atomic E-state index is 0.0665. The molecule has 0 aromatic carbocycles. The maximum Gasteiger partial charge on any atom is 0.236 e. The normalized spacial score (nSPS) is 22.5. The minimum atomic E-state index is -0.167. The molecule has 112 valence electrons. The number of ether oxygens (including phenoxy) is 1. The molecule has 2 unspecified atom stereocenters. The smallest absolute Gasteiger partial charge is 0.236 e. The first-order valence-electron chi connectivity index (χ1n) is 7.38. The number of hydrogen-bond acceptors (Lipinski definition) is 4. The number of amides is 1. The van der Waals surface area contributed by atoms with Gasteiger partial charge < -0.3 is 15.4 Å². The molecule has 0 spiro atoms. The Labute approximate surface area is 117 Å². The van der Waals surface area contributed by atoms with Gasteiger partial charge in [0.25, 0.3) is 0 Å². The fourth-order valence-corrected chi connectivity index (χ4v) is 2.05. The predicted octanol–water partition coefficient (Wildman–Crippen LogP) is 0.457. The van der Waals surface area contributed by atoms with Gasteiger partial charge in [-0.05, 0) is 19.4 Å². The molecule has 1 aliphatic rings. The van der Waals surface area contributed by atoms with Crippen LogP contribution in [-0.2, 0) is 9.53 Å². The molecule has 0 aromatic rings. The third-order valence-electron chi connectivity index (χ3n) is 3.40. The third-order valence-corrected chi connectivity index (χ3v) is 3.40. The lowest BCUT2D eigenvalue weighted by molar-refractivity contribution is -0.123. The maximum atomic E-state index is 11.8. The van der Waals surface area contributed by atoms with E-state index in [0.717, 1.165) is 39.3 Å². The quantitative estimate of drug-likeness (QED) is 0.706. The zero-order valence-corrected chi connectivity index (χ0v) is 12.7. The van der Waals surface area contributed by atoms with E-state index in [1.54, 1.807) is 0 Å². The van der Waals surface area contributed by atoms with Crippen LogP contribution in [0, 0.1) is 5.92 Å². The van der Waals surface area contributed by atoms with Crippen LogP contribution in [0.2, 0.25) is 0 Å². The van der Waals surface area contributed by atoms with Gasteiger partial charge >= 0.3 is 0 Å². The summed E-state index contributed by atoms with van der Waals surface area (Å²) >= 11 is 0. The molecule has 1 aliphatic heterocycles. The van der Waals surface area contributed by atoms with E-state index in [9.17, 15) is 4.79 Å². The lowest BCUT2D eigenvalue weighted by atomic mass is 10.2. The zero-order valence-electron chi connectivity index (χ0n) is 12.7. The number of carbonyl (C=O) groups excluding carboxylic acids is 1. The summed E-state index contributed by atoms with van der Waals surface area (Å²) in [6.45, 7) is 13.5. The van der Waals surface area contributed by atoms with Crippen molar-refractivity contribution in [3.63, 3.8) is 0 Å². The number of nitrogens with one attached hydrogen (secondary N) is 2. The molecule has 1 fully saturated rings. The van der Waals surface area contributed by atoms with Crippen LogP contribution in [0.25, 0.3) is 0 Å². The van der Waals surface area contributed by atoms with Crippen molar-refractivity contribution >= 4 is 5.91 Å². The summed E-state index contributed by atoms with van der Waals surface area (Å²) < 4.78 is 5.70. The van der Waals surface area contributed by atoms with Crippen LogP contribution in [0.15, 0.2) is 0 Å². The monoisotopic (exact) mass is 271 g/mol. The van der Waals surface area contributed by atoms with Crippen LogP contribution in [0.1, 0.15) is 27.7 Å². The summed E-state index contributed by atoms with van der Waals surface area (Å²) in [5.41, 5.74) is 0. The third kappa shape index (κ3) is 6.36. The molecule has 0 radical (unpaired) electrons. The molecule has 5 heteroatoms. The fraction of sp³-hybridized carbons (Fsp3) is 0.929. The average molecular weight is 271 g/mol. The first-order chi connectivity index (χ1) is 9.02. The highest BCUT2D eigenvalue weighted by atomic mass is 16.5. The molecule has 1 amide bonds. The van der Waals surface area contributed by atoms with Crippen molar-refractivity contribution in [3.05, 3.63) is 0 Å². The van der Waals surface area contributed by atoms with Crippen LogP contribution < -0.4 is 10.6 Å². The Morgan fingerprint density at radius 1 is 1.42 bits per heavy atom. The van der Waals surface area contributed by atoms with Gasteiger partial charge in [-0.2, -0.15) is 0 Å². The van der Waals surface area contributed by atoms with E-state index in [-0.39, 0.29) is 18.1 Å². The van der Waals surface area contributed by atoms with E-state index in [0.29, 0.717) is 5.92 Å². The van der Waals surface area contributed by atoms with Crippen molar-refractivity contribution in [2.24, 2.45) is 5.92 Å². The van der Waals surface area contributed by atoms with Crippen molar-refractivity contribution in [2.75, 3.05) is 39.3 Å². The highest BCUT2D eigenvalue weighted by Gasteiger charge is 2.21. The molecular weight excluding hydrogens is 242 g/mol. The van der Waals surface area contributed by atoms with E-state index < -0.39 is 0 Å². The molecule has 0 aliphatic carbocycles. The van der Waals surface area contributed by atoms with Gasteiger partial charge in [-0.15, -0.1) is 0 Å². The summed E-state index contributed by atoms with van der Waals surface area (Å²) in [6, 6.07) is -0.167. The Balaban J connectivity index is 2.21. The summed E-state index contributed by atoms with van der Waals surface area (Å²) in [7, 11) is 0. The lowest BCUT2D eigenvalue weighted by Crippen LogP contribution is -2.50. The van der Waals surface area contributed by atoms with Gasteiger partial charge in [0, 0.05) is 26.2 Å². The second-order valence-electron chi connectivity index (χ2n) is 5.65. The van der Waals surface area contributed by atoms with E-state index in [1.807, 2.05) is 6.92 Å². The van der Waals surface area contributed by atoms with Gasteiger partial charge in [-0.3, -0.25) is 9.69 Å². The van der Waals surface area contributed by atoms with Crippen LogP contribution >= 0.6 is 0 Å². The van der Waals surface area contributed by atoms with Crippen LogP contribution in [0.5, 0.6) is 0 Å². The molecule has 19 heavy (non-hydrogen) atoms. The molecule has 2 N–H and O–H groups in total. The number of morpholine rings is 1. The van der Waals surface area contributed by atoms with Gasteiger partial charge in [0.1, 0.15) is 0 Å². The SMILES string of the molecule is CCN1CCOC(CNC(C)C(=O)NCC(C)C)C1. The Hall–Kier alpha value is -0.650. The van der Waals surface area contributed by atoms with Crippen molar-refractivity contribution < 1.29 is 9.53 Å². The van der Waals surface area contributed by atoms with Gasteiger partial charge in [-0.1, -0.05) is 20.8 Å². The van der Waals surface area contributed by atoms with Gasteiger partial charge in [0.15, 0.2) is 0 Å². The number of hydrogen-bond donors (Lipinski definition) is 2. The number of rotatable bonds is 7. The number of nitrogens with zero attached hydrogens (tertiary/aromatic N) is 1. The van der Waals surface area contributed by atoms with Crippen LogP contribution in [0.4, 0.5) is 0 Å². The molecule has 1 saturated heterocycles. The largest absolute Gasteiger partial charge is 0.374 e. The number of likely N-dealkylation sites (N-methyl/N-ethyl adjacent to an activating group) is 1. The van der Waals surface area contributed by atoms with E-state index >= 15 is 0 Å². The second kappa shape index (κ2) is 8.51. The number of carbonyl (C=O) groups is 1. The van der Waals surface area contributed by atoms with Crippen molar-refractivity contribution in [3.8, 4) is 0 Å². The van der Waals surface area contributed by atoms with Crippen molar-refractivity contribution in [2.45, 2.75) is 39.8 Å². The molecule has 5 nitrogen and oxygen atoms in total. The highest BCUT2D eigenvalue weighted by molar-refractivity contribution is 5.81. The van der Waals surface area contributed by atoms with E-state index in [1.165, 1.54) is 0 Å². The summed E-state index contributed by atoms with van der Waals surface area (Å²) in [6.07, 6.45) is 0.189. The summed E-state index contributed by atoms with van der Waals surface area (Å²) in [5, 5.41) is 6.19. The van der Waals surface area contributed by atoms with Crippen LogP contribution in [-0.4, -0.2) is 62.3 Å². The fourth-order valence-electron chi connectivity index (χ4n) is 2.05. The molecule has 1 rings (SSSR count). The minimum Gasteiger partial charge on any atom is -0.374 e. The Kier molecular flexibility index (Phi) is 7.34. The zero-order chi connectivity index (χ0) is 14.3. The second-order valence-corrected chi connectivity index (χ2v) is 5.65. The van der Waals surface area contributed by atoms with E-state index in [4.69, 9.17) is 4.74 Å². The maximum absolute atomic E-state index is 11.8. The van der Waals surface area contributed by atoms with Crippen molar-refractivity contribution in [1.29, 1.82) is 0 Å². The van der Waals surface area contributed by atoms with Gasteiger partial charge in [0.2, 0.25) is 5.91 Å². The van der Waals surface area contributed by atoms with Crippen molar-refractivity contribution in [1.82, 2.24) is 15.5 Å². The van der Waals surface area contributed by atoms with Gasteiger partial charge in [-0.25, -0.2) is 0 Å². The molecule has 0 saturated carbocycles. The molecular formula is C14H29N3O2. The highest BCUT2D eigenvalue weighted by Crippen LogP contribution is 2.04. The van der Waals surface area contributed by atoms with E-state index in [2.05, 4.69) is 36.3 Å². The Morgan fingerprint density at radius 2 is 2.16 bits per heavy atom. The molecule has 0 bridgehead atoms. The average Bonchev–Trinajstić information content (AvgIpc) is 2.42. The Bertz CT molecular complexity index is 271. The molecule has 0 aromatic heterocycles. The lowest BCUT2D eigenvalue weighted by Gasteiger charge is -2.32. The summed E-state index contributed by atoms with van der Waals surface area (Å²) in [5.74, 6) is 0.549. The predicted molar refractivity (Wildman–Crippen MR) is 77.2 cm³/mol. The topological polar surface area (TPSA) is 53.6 Å². The first-order valence-corrected chi connectivity index (χ1v) is 7.38. The first kappa shape index (κ1) is 16.4.